The third-order valence-electron chi connectivity index (χ3n) is 5.53. The number of nitro benzene ring substituents is 1. The molecule has 1 N–H and O–H groups in total. The van der Waals surface area contributed by atoms with Crippen LogP contribution in [-0.4, -0.2) is 30.5 Å². The first kappa shape index (κ1) is 21.2. The molecule has 168 valence electrons. The summed E-state index contributed by atoms with van der Waals surface area (Å²) in [5, 5.41) is 26.4. The van der Waals surface area contributed by atoms with Gasteiger partial charge in [-0.3, -0.25) is 15.1 Å². The molecule has 0 unspecified atom stereocenters. The number of aromatic amines is 1. The molecule has 2 heterocycles. The number of benzene rings is 3. The molecular formula is C25H20N6O3. The van der Waals surface area contributed by atoms with Crippen molar-refractivity contribution in [3.8, 4) is 28.3 Å². The van der Waals surface area contributed by atoms with Crippen LogP contribution >= 0.6 is 0 Å². The standard InChI is InChI=1S/C25H20N6O3/c1-2-18-13-24(22-14-19(31(32)33)9-11-23(22)26-18)34-15-16-8-10-20(17-6-4-3-5-7-17)21(12-16)25-27-29-30-28-25/h3-14H,2,15H2,1H3,(H,27,28,29,30). The number of aryl methyl sites for hydroxylation is 1. The van der Waals surface area contributed by atoms with E-state index < -0.39 is 4.92 Å². The van der Waals surface area contributed by atoms with Crippen molar-refractivity contribution in [1.29, 1.82) is 0 Å². The van der Waals surface area contributed by atoms with Gasteiger partial charge in [-0.25, -0.2) is 0 Å². The molecule has 9 nitrogen and oxygen atoms in total. The van der Waals surface area contributed by atoms with Crippen LogP contribution in [0.1, 0.15) is 18.2 Å². The third kappa shape index (κ3) is 4.18. The van der Waals surface area contributed by atoms with Gasteiger partial charge in [0.1, 0.15) is 12.4 Å². The average Bonchev–Trinajstić information content (AvgIpc) is 3.42. The lowest BCUT2D eigenvalue weighted by molar-refractivity contribution is -0.384. The van der Waals surface area contributed by atoms with Crippen LogP contribution in [0.2, 0.25) is 0 Å². The molecule has 0 saturated heterocycles. The van der Waals surface area contributed by atoms with E-state index >= 15 is 0 Å². The maximum atomic E-state index is 11.3. The quantitative estimate of drug-likeness (QED) is 0.268. The van der Waals surface area contributed by atoms with E-state index in [9.17, 15) is 10.1 Å². The Morgan fingerprint density at radius 3 is 2.59 bits per heavy atom. The number of tetrazole rings is 1. The van der Waals surface area contributed by atoms with Crippen molar-refractivity contribution >= 4 is 16.6 Å². The topological polar surface area (TPSA) is 120 Å². The number of aromatic nitrogens is 5. The molecule has 0 aliphatic carbocycles. The first-order valence-corrected chi connectivity index (χ1v) is 10.8. The highest BCUT2D eigenvalue weighted by molar-refractivity contribution is 5.87. The van der Waals surface area contributed by atoms with Crippen LogP contribution in [0.5, 0.6) is 5.75 Å². The van der Waals surface area contributed by atoms with Crippen molar-refractivity contribution in [2.45, 2.75) is 20.0 Å². The Balaban J connectivity index is 1.51. The van der Waals surface area contributed by atoms with Crippen LogP contribution in [0.25, 0.3) is 33.4 Å². The van der Waals surface area contributed by atoms with Gasteiger partial charge in [-0.05, 0) is 40.5 Å². The van der Waals surface area contributed by atoms with Gasteiger partial charge >= 0.3 is 0 Å². The number of ether oxygens (including phenoxy) is 1. The van der Waals surface area contributed by atoms with Gasteiger partial charge in [0.05, 0.1) is 10.4 Å². The van der Waals surface area contributed by atoms with E-state index in [1.54, 1.807) is 6.07 Å². The normalized spacial score (nSPS) is 11.0. The zero-order valence-electron chi connectivity index (χ0n) is 18.3. The van der Waals surface area contributed by atoms with E-state index in [0.717, 1.165) is 34.4 Å². The van der Waals surface area contributed by atoms with Crippen molar-refractivity contribution in [1.82, 2.24) is 25.6 Å². The summed E-state index contributed by atoms with van der Waals surface area (Å²) >= 11 is 0. The summed E-state index contributed by atoms with van der Waals surface area (Å²) in [6.07, 6.45) is 0.719. The summed E-state index contributed by atoms with van der Waals surface area (Å²) in [6.45, 7) is 2.26. The average molecular weight is 452 g/mol. The Morgan fingerprint density at radius 1 is 1.00 bits per heavy atom. The lowest BCUT2D eigenvalue weighted by Crippen LogP contribution is -2.00. The van der Waals surface area contributed by atoms with Gasteiger partial charge in [0.25, 0.3) is 5.69 Å². The molecule has 5 aromatic rings. The molecule has 34 heavy (non-hydrogen) atoms. The first-order valence-electron chi connectivity index (χ1n) is 10.8. The van der Waals surface area contributed by atoms with Gasteiger partial charge in [0.15, 0.2) is 0 Å². The molecule has 0 spiro atoms. The highest BCUT2D eigenvalue weighted by Gasteiger charge is 2.15. The number of hydrogen-bond donors (Lipinski definition) is 1. The summed E-state index contributed by atoms with van der Waals surface area (Å²) in [4.78, 5) is 15.4. The van der Waals surface area contributed by atoms with Crippen LogP contribution in [0.15, 0.2) is 72.8 Å². The Morgan fingerprint density at radius 2 is 1.85 bits per heavy atom. The fourth-order valence-corrected chi connectivity index (χ4v) is 3.82. The number of non-ortho nitro benzene ring substituents is 1. The minimum absolute atomic E-state index is 0.00462. The Bertz CT molecular complexity index is 1470. The lowest BCUT2D eigenvalue weighted by Gasteiger charge is -2.13. The number of fused-ring (bicyclic) bond motifs is 1. The van der Waals surface area contributed by atoms with Gasteiger partial charge < -0.3 is 4.74 Å². The first-order chi connectivity index (χ1) is 16.6. The summed E-state index contributed by atoms with van der Waals surface area (Å²) < 4.78 is 6.17. The summed E-state index contributed by atoms with van der Waals surface area (Å²) in [7, 11) is 0. The highest BCUT2D eigenvalue weighted by atomic mass is 16.6. The molecule has 0 aliphatic heterocycles. The smallest absolute Gasteiger partial charge is 0.270 e. The number of pyridine rings is 1. The Kier molecular flexibility index (Phi) is 5.65. The number of nitrogens with one attached hydrogen (secondary N) is 1. The van der Waals surface area contributed by atoms with Gasteiger partial charge in [0, 0.05) is 34.8 Å². The molecule has 0 amide bonds. The fraction of sp³-hybridized carbons (Fsp3) is 0.120. The zero-order valence-corrected chi connectivity index (χ0v) is 18.3. The molecule has 5 rings (SSSR count). The van der Waals surface area contributed by atoms with E-state index in [1.807, 2.05) is 61.5 Å². The second-order valence-electron chi connectivity index (χ2n) is 7.69. The minimum atomic E-state index is -0.420. The molecule has 3 aromatic carbocycles. The maximum Gasteiger partial charge on any atom is 0.270 e. The molecular weight excluding hydrogens is 432 g/mol. The fourth-order valence-electron chi connectivity index (χ4n) is 3.82. The number of nitrogens with zero attached hydrogens (tertiary/aromatic N) is 5. The molecule has 0 saturated carbocycles. The predicted octanol–water partition coefficient (Wildman–Crippen LogP) is 5.13. The zero-order chi connectivity index (χ0) is 23.5. The van der Waals surface area contributed by atoms with Crippen molar-refractivity contribution in [3.63, 3.8) is 0 Å². The van der Waals surface area contributed by atoms with Crippen molar-refractivity contribution in [2.24, 2.45) is 0 Å². The van der Waals surface area contributed by atoms with E-state index in [-0.39, 0.29) is 12.3 Å². The van der Waals surface area contributed by atoms with Crippen LogP contribution in [-0.2, 0) is 13.0 Å². The molecule has 9 heteroatoms. The molecule has 0 radical (unpaired) electrons. The van der Waals surface area contributed by atoms with Gasteiger partial charge in [-0.2, -0.15) is 5.21 Å². The van der Waals surface area contributed by atoms with E-state index in [0.29, 0.717) is 22.5 Å². The van der Waals surface area contributed by atoms with Gasteiger partial charge in [-0.15, -0.1) is 10.2 Å². The second-order valence-corrected chi connectivity index (χ2v) is 7.69. The number of hydrogen-bond acceptors (Lipinski definition) is 7. The van der Waals surface area contributed by atoms with E-state index in [4.69, 9.17) is 4.74 Å². The third-order valence-corrected chi connectivity index (χ3v) is 5.53. The number of nitro groups is 1. The summed E-state index contributed by atoms with van der Waals surface area (Å²) in [5.41, 5.74) is 5.24. The summed E-state index contributed by atoms with van der Waals surface area (Å²) in [5.74, 6) is 1.04. The molecule has 0 bridgehead atoms. The predicted molar refractivity (Wildman–Crippen MR) is 127 cm³/mol. The summed E-state index contributed by atoms with van der Waals surface area (Å²) in [6, 6.07) is 22.4. The molecule has 0 fully saturated rings. The Hall–Kier alpha value is -4.66. The van der Waals surface area contributed by atoms with Crippen LogP contribution in [0, 0.1) is 10.1 Å². The monoisotopic (exact) mass is 452 g/mol. The van der Waals surface area contributed by atoms with Gasteiger partial charge in [-0.1, -0.05) is 49.4 Å². The van der Waals surface area contributed by atoms with Gasteiger partial charge in [0.2, 0.25) is 5.82 Å². The van der Waals surface area contributed by atoms with E-state index in [2.05, 4.69) is 25.6 Å². The molecule has 2 aromatic heterocycles. The van der Waals surface area contributed by atoms with Crippen molar-refractivity contribution in [3.05, 3.63) is 94.2 Å². The van der Waals surface area contributed by atoms with E-state index in [1.165, 1.54) is 12.1 Å². The van der Waals surface area contributed by atoms with Crippen molar-refractivity contribution in [2.75, 3.05) is 0 Å². The minimum Gasteiger partial charge on any atom is -0.488 e. The highest BCUT2D eigenvalue weighted by Crippen LogP contribution is 2.33. The molecule has 0 atom stereocenters. The lowest BCUT2D eigenvalue weighted by atomic mass is 9.97. The SMILES string of the molecule is CCc1cc(OCc2ccc(-c3ccccc3)c(-c3nn[nH]n3)c2)c2cc([N+](=O)[O-])ccc2n1. The Labute approximate surface area is 194 Å². The molecule has 0 aliphatic rings. The largest absolute Gasteiger partial charge is 0.488 e. The van der Waals surface area contributed by atoms with Crippen LogP contribution < -0.4 is 4.74 Å². The van der Waals surface area contributed by atoms with Crippen molar-refractivity contribution < 1.29 is 9.66 Å². The van der Waals surface area contributed by atoms with Crippen LogP contribution in [0.3, 0.4) is 0 Å². The maximum absolute atomic E-state index is 11.3. The number of rotatable bonds is 7. The van der Waals surface area contributed by atoms with Crippen LogP contribution in [0.4, 0.5) is 5.69 Å². The second kappa shape index (κ2) is 9.07. The number of H-pyrrole nitrogens is 1.